The molecule has 0 aliphatic rings. The number of rotatable bonds is 6. The maximum atomic E-state index is 12.1. The van der Waals surface area contributed by atoms with E-state index in [9.17, 15) is 9.59 Å². The van der Waals surface area contributed by atoms with Crippen LogP contribution in [0.4, 0.5) is 0 Å². The predicted molar refractivity (Wildman–Crippen MR) is 98.0 cm³/mol. The average Bonchev–Trinajstić information content (AvgIpc) is 3.24. The van der Waals surface area contributed by atoms with Gasteiger partial charge in [0.1, 0.15) is 5.69 Å². The maximum Gasteiger partial charge on any atom is 0.343 e. The zero-order valence-corrected chi connectivity index (χ0v) is 14.4. The zero-order chi connectivity index (χ0) is 19.1. The van der Waals surface area contributed by atoms with Crippen molar-refractivity contribution in [2.75, 3.05) is 7.11 Å². The summed E-state index contributed by atoms with van der Waals surface area (Å²) in [6, 6.07) is 11.4. The summed E-state index contributed by atoms with van der Waals surface area (Å²) in [5.74, 6) is -0.245. The van der Waals surface area contributed by atoms with Gasteiger partial charge in [-0.2, -0.15) is 5.10 Å². The van der Waals surface area contributed by atoms with Crippen LogP contribution in [0.2, 0.25) is 0 Å². The summed E-state index contributed by atoms with van der Waals surface area (Å²) in [6.45, 7) is 0. The van der Waals surface area contributed by atoms with Crippen LogP contribution in [0.3, 0.4) is 0 Å². The van der Waals surface area contributed by atoms with E-state index in [0.717, 1.165) is 0 Å². The van der Waals surface area contributed by atoms with Gasteiger partial charge in [0.25, 0.3) is 5.91 Å². The Kier molecular flexibility index (Phi) is 5.58. The highest BCUT2D eigenvalue weighted by molar-refractivity contribution is 5.93. The molecule has 0 aliphatic heterocycles. The Morgan fingerprint density at radius 1 is 1.15 bits per heavy atom. The lowest BCUT2D eigenvalue weighted by Gasteiger charge is -2.09. The lowest BCUT2D eigenvalue weighted by atomic mass is 10.2. The second-order valence-electron chi connectivity index (χ2n) is 5.32. The Morgan fingerprint density at radius 3 is 2.67 bits per heavy atom. The van der Waals surface area contributed by atoms with Gasteiger partial charge in [-0.1, -0.05) is 0 Å². The lowest BCUT2D eigenvalue weighted by molar-refractivity contribution is 0.0729. The molecule has 1 amide bonds. The summed E-state index contributed by atoms with van der Waals surface area (Å²) in [4.78, 5) is 30.6. The molecule has 27 heavy (non-hydrogen) atoms. The lowest BCUT2D eigenvalue weighted by Crippen LogP contribution is -2.17. The molecular weight excluding hydrogens is 348 g/mol. The largest absolute Gasteiger partial charge is 0.493 e. The van der Waals surface area contributed by atoms with Crippen molar-refractivity contribution < 1.29 is 19.1 Å². The van der Waals surface area contributed by atoms with Gasteiger partial charge in [0.15, 0.2) is 11.5 Å². The van der Waals surface area contributed by atoms with E-state index in [0.29, 0.717) is 22.6 Å². The Labute approximate surface area is 154 Å². The minimum Gasteiger partial charge on any atom is -0.493 e. The van der Waals surface area contributed by atoms with Gasteiger partial charge < -0.3 is 14.5 Å². The SMILES string of the molecule is COc1cc(/C=N\NC(=O)c2ccc[nH]2)ccc1OC(=O)c1ccncc1. The number of hydrogen-bond donors (Lipinski definition) is 2. The van der Waals surface area contributed by atoms with Crippen molar-refractivity contribution in [1.29, 1.82) is 0 Å². The number of H-pyrrole nitrogens is 1. The second-order valence-corrected chi connectivity index (χ2v) is 5.32. The molecule has 1 aromatic carbocycles. The molecule has 0 saturated carbocycles. The van der Waals surface area contributed by atoms with Crippen molar-refractivity contribution in [3.8, 4) is 11.5 Å². The van der Waals surface area contributed by atoms with E-state index in [4.69, 9.17) is 9.47 Å². The molecule has 2 N–H and O–H groups in total. The van der Waals surface area contributed by atoms with Crippen LogP contribution >= 0.6 is 0 Å². The molecule has 0 unspecified atom stereocenters. The Hall–Kier alpha value is -3.94. The highest BCUT2D eigenvalue weighted by Gasteiger charge is 2.12. The number of esters is 1. The fourth-order valence-electron chi connectivity index (χ4n) is 2.19. The summed E-state index contributed by atoms with van der Waals surface area (Å²) < 4.78 is 10.6. The standard InChI is InChI=1S/C19H16N4O4/c1-26-17-11-13(12-22-23-18(24)15-3-2-8-21-15)4-5-16(17)27-19(25)14-6-9-20-10-7-14/h2-12,21H,1H3,(H,23,24)/b22-12-. The number of hydrogen-bond acceptors (Lipinski definition) is 6. The van der Waals surface area contributed by atoms with E-state index >= 15 is 0 Å². The van der Waals surface area contributed by atoms with Crippen molar-refractivity contribution in [3.63, 3.8) is 0 Å². The van der Waals surface area contributed by atoms with Crippen LogP contribution in [-0.4, -0.2) is 35.2 Å². The first-order valence-electron chi connectivity index (χ1n) is 7.94. The molecule has 8 nitrogen and oxygen atoms in total. The molecule has 3 rings (SSSR count). The first-order chi connectivity index (χ1) is 13.2. The van der Waals surface area contributed by atoms with Gasteiger partial charge in [-0.25, -0.2) is 10.2 Å². The van der Waals surface area contributed by atoms with Crippen LogP contribution in [0.1, 0.15) is 26.4 Å². The van der Waals surface area contributed by atoms with E-state index in [-0.39, 0.29) is 11.7 Å². The fourth-order valence-corrected chi connectivity index (χ4v) is 2.19. The number of nitrogens with zero attached hydrogens (tertiary/aromatic N) is 2. The highest BCUT2D eigenvalue weighted by Crippen LogP contribution is 2.28. The number of benzene rings is 1. The van der Waals surface area contributed by atoms with Gasteiger partial charge in [0, 0.05) is 18.6 Å². The van der Waals surface area contributed by atoms with Crippen molar-refractivity contribution in [2.24, 2.45) is 5.10 Å². The number of carbonyl (C=O) groups excluding carboxylic acids is 2. The van der Waals surface area contributed by atoms with E-state index in [2.05, 4.69) is 20.5 Å². The van der Waals surface area contributed by atoms with E-state index in [1.54, 1.807) is 48.7 Å². The van der Waals surface area contributed by atoms with Crippen molar-refractivity contribution in [3.05, 3.63) is 77.9 Å². The van der Waals surface area contributed by atoms with Crippen molar-refractivity contribution >= 4 is 18.1 Å². The minimum atomic E-state index is -0.518. The van der Waals surface area contributed by atoms with Crippen LogP contribution in [0.25, 0.3) is 0 Å². The van der Waals surface area contributed by atoms with Gasteiger partial charge in [-0.05, 0) is 48.0 Å². The molecule has 8 heteroatoms. The number of carbonyl (C=O) groups is 2. The molecule has 0 aliphatic carbocycles. The zero-order valence-electron chi connectivity index (χ0n) is 14.4. The third kappa shape index (κ3) is 4.57. The highest BCUT2D eigenvalue weighted by atomic mass is 16.6. The first-order valence-corrected chi connectivity index (χ1v) is 7.94. The molecule has 136 valence electrons. The molecule has 0 atom stereocenters. The molecule has 0 bridgehead atoms. The molecule has 0 spiro atoms. The first kappa shape index (κ1) is 17.9. The molecule has 0 fully saturated rings. The monoisotopic (exact) mass is 364 g/mol. The van der Waals surface area contributed by atoms with Gasteiger partial charge in [-0.15, -0.1) is 0 Å². The Balaban J connectivity index is 1.67. The molecular formula is C19H16N4O4. The number of pyridine rings is 1. The van der Waals surface area contributed by atoms with Crippen LogP contribution in [0, 0.1) is 0 Å². The maximum absolute atomic E-state index is 12.1. The van der Waals surface area contributed by atoms with Gasteiger partial charge >= 0.3 is 5.97 Å². The predicted octanol–water partition coefficient (Wildman–Crippen LogP) is 2.40. The third-order valence-electron chi connectivity index (χ3n) is 3.53. The van der Waals surface area contributed by atoms with Gasteiger partial charge in [-0.3, -0.25) is 9.78 Å². The number of methoxy groups -OCH3 is 1. The quantitative estimate of drug-likeness (QED) is 0.302. The topological polar surface area (TPSA) is 106 Å². The smallest absolute Gasteiger partial charge is 0.343 e. The molecule has 3 aromatic rings. The molecule has 0 saturated heterocycles. The summed E-state index contributed by atoms with van der Waals surface area (Å²) >= 11 is 0. The van der Waals surface area contributed by atoms with Crippen LogP contribution in [-0.2, 0) is 0 Å². The number of nitrogens with one attached hydrogen (secondary N) is 2. The summed E-state index contributed by atoms with van der Waals surface area (Å²) in [5, 5.41) is 3.90. The number of aromatic nitrogens is 2. The van der Waals surface area contributed by atoms with E-state index in [1.807, 2.05) is 0 Å². The average molecular weight is 364 g/mol. The molecule has 2 aromatic heterocycles. The number of aromatic amines is 1. The van der Waals surface area contributed by atoms with Crippen LogP contribution in [0.5, 0.6) is 11.5 Å². The van der Waals surface area contributed by atoms with Gasteiger partial charge in [0.05, 0.1) is 18.9 Å². The van der Waals surface area contributed by atoms with Crippen molar-refractivity contribution in [1.82, 2.24) is 15.4 Å². The van der Waals surface area contributed by atoms with E-state index in [1.165, 1.54) is 25.7 Å². The van der Waals surface area contributed by atoms with Crippen molar-refractivity contribution in [2.45, 2.75) is 0 Å². The Bertz CT molecular complexity index is 953. The van der Waals surface area contributed by atoms with Gasteiger partial charge in [0.2, 0.25) is 0 Å². The second kappa shape index (κ2) is 8.43. The fraction of sp³-hybridized carbons (Fsp3) is 0.0526. The summed E-state index contributed by atoms with van der Waals surface area (Å²) in [7, 11) is 1.47. The molecule has 2 heterocycles. The summed E-state index contributed by atoms with van der Waals surface area (Å²) in [6.07, 6.45) is 6.12. The number of ether oxygens (including phenoxy) is 2. The van der Waals surface area contributed by atoms with Crippen LogP contribution in [0.15, 0.2) is 66.2 Å². The van der Waals surface area contributed by atoms with Crippen LogP contribution < -0.4 is 14.9 Å². The normalized spacial score (nSPS) is 10.6. The van der Waals surface area contributed by atoms with E-state index < -0.39 is 5.97 Å². The Morgan fingerprint density at radius 2 is 1.96 bits per heavy atom. The third-order valence-corrected chi connectivity index (χ3v) is 3.53. The summed E-state index contributed by atoms with van der Waals surface area (Å²) in [5.41, 5.74) is 3.85. The minimum absolute atomic E-state index is 0.270. The number of amides is 1. The number of hydrazone groups is 1. The molecule has 0 radical (unpaired) electrons.